The predicted molar refractivity (Wildman–Crippen MR) is 71.5 cm³/mol. The van der Waals surface area contributed by atoms with Crippen LogP contribution in [0.25, 0.3) is 0 Å². The minimum absolute atomic E-state index is 0.444. The fraction of sp³-hybridized carbons (Fsp3) is 0.769. The second-order valence-corrected chi connectivity index (χ2v) is 6.12. The van der Waals surface area contributed by atoms with E-state index >= 15 is 0 Å². The molecule has 1 aliphatic rings. The fourth-order valence-electron chi connectivity index (χ4n) is 2.11. The van der Waals surface area contributed by atoms with Crippen LogP contribution in [0.2, 0.25) is 0 Å². The monoisotopic (exact) mass is 319 g/mol. The Bertz CT molecular complexity index is 471. The normalized spacial score (nSPS) is 32.2. The van der Waals surface area contributed by atoms with Crippen LogP contribution in [-0.4, -0.2) is 63.3 Å². The van der Waals surface area contributed by atoms with Crippen molar-refractivity contribution in [3.8, 4) is 0 Å². The van der Waals surface area contributed by atoms with Crippen molar-refractivity contribution >= 4 is 17.8 Å². The summed E-state index contributed by atoms with van der Waals surface area (Å²) in [5.41, 5.74) is -0.987. The van der Waals surface area contributed by atoms with E-state index in [1.165, 1.54) is 27.7 Å². The van der Waals surface area contributed by atoms with Gasteiger partial charge >= 0.3 is 11.9 Å². The average molecular weight is 319 g/mol. The molecule has 126 valence electrons. The number of rotatable bonds is 3. The first kappa shape index (κ1) is 18.3. The number of carbonyl (C=O) groups is 3. The maximum Gasteiger partial charge on any atom is 0.368 e. The van der Waals surface area contributed by atoms with E-state index in [1.807, 2.05) is 0 Å². The molecule has 22 heavy (non-hydrogen) atoms. The summed E-state index contributed by atoms with van der Waals surface area (Å²) in [5.74, 6) is -8.33. The zero-order valence-corrected chi connectivity index (χ0v) is 12.8. The highest BCUT2D eigenvalue weighted by Gasteiger charge is 2.60. The molecule has 4 atom stereocenters. The lowest BCUT2D eigenvalue weighted by molar-refractivity contribution is -0.287. The molecule has 1 amide bonds. The lowest BCUT2D eigenvalue weighted by atomic mass is 9.85. The van der Waals surface area contributed by atoms with Gasteiger partial charge in [-0.1, -0.05) is 0 Å². The van der Waals surface area contributed by atoms with Gasteiger partial charge in [-0.15, -0.1) is 0 Å². The second kappa shape index (κ2) is 6.19. The maximum atomic E-state index is 12.1. The van der Waals surface area contributed by atoms with Crippen molar-refractivity contribution in [3.63, 3.8) is 0 Å². The van der Waals surface area contributed by atoms with Gasteiger partial charge in [-0.05, 0) is 20.8 Å². The summed E-state index contributed by atoms with van der Waals surface area (Å²) in [5, 5.41) is 31.9. The van der Waals surface area contributed by atoms with Gasteiger partial charge in [0.15, 0.2) is 0 Å². The van der Waals surface area contributed by atoms with Crippen LogP contribution < -0.4 is 5.32 Å². The summed E-state index contributed by atoms with van der Waals surface area (Å²) >= 11 is 0. The molecule has 1 fully saturated rings. The molecular weight excluding hydrogens is 298 g/mol. The topological polar surface area (TPSA) is 142 Å². The number of aliphatic hydroxyl groups excluding tert-OH is 1. The molecule has 0 saturated carbocycles. The molecule has 4 unspecified atom stereocenters. The van der Waals surface area contributed by atoms with Crippen molar-refractivity contribution < 1.29 is 39.2 Å². The van der Waals surface area contributed by atoms with Crippen LogP contribution in [0.5, 0.6) is 0 Å². The Morgan fingerprint density at radius 2 is 1.86 bits per heavy atom. The Hall–Kier alpha value is -1.71. The Morgan fingerprint density at radius 3 is 2.27 bits per heavy atom. The minimum Gasteiger partial charge on any atom is -0.481 e. The number of hydrogen-bond acceptors (Lipinski definition) is 7. The van der Waals surface area contributed by atoms with Crippen molar-refractivity contribution in [1.29, 1.82) is 0 Å². The van der Waals surface area contributed by atoms with E-state index < -0.39 is 53.9 Å². The van der Waals surface area contributed by atoms with Gasteiger partial charge in [-0.2, -0.15) is 0 Å². The number of aliphatic hydroxyl groups is 2. The molecular formula is C13H21NO8. The molecule has 1 heterocycles. The third kappa shape index (κ3) is 3.93. The van der Waals surface area contributed by atoms with Crippen LogP contribution >= 0.6 is 0 Å². The Kier molecular flexibility index (Phi) is 5.16. The summed E-state index contributed by atoms with van der Waals surface area (Å²) in [6.45, 7) is 5.33. The number of carboxylic acids is 1. The van der Waals surface area contributed by atoms with Gasteiger partial charge in [-0.25, -0.2) is 4.79 Å². The number of amides is 1. The number of nitrogens with one attached hydrogen (secondary N) is 1. The highest BCUT2D eigenvalue weighted by molar-refractivity contribution is 5.86. The van der Waals surface area contributed by atoms with E-state index in [9.17, 15) is 29.7 Å². The number of carbonyl (C=O) groups excluding carboxylic acids is 2. The molecule has 9 heteroatoms. The van der Waals surface area contributed by atoms with Crippen molar-refractivity contribution in [3.05, 3.63) is 0 Å². The van der Waals surface area contributed by atoms with Gasteiger partial charge in [0.2, 0.25) is 5.91 Å². The minimum atomic E-state index is -2.84. The van der Waals surface area contributed by atoms with E-state index in [1.54, 1.807) is 0 Å². The zero-order valence-electron chi connectivity index (χ0n) is 12.8. The molecule has 9 nitrogen and oxygen atoms in total. The van der Waals surface area contributed by atoms with Crippen molar-refractivity contribution in [2.24, 2.45) is 5.92 Å². The molecule has 0 aromatic heterocycles. The lowest BCUT2D eigenvalue weighted by Crippen LogP contribution is -2.67. The largest absolute Gasteiger partial charge is 0.481 e. The highest BCUT2D eigenvalue weighted by Crippen LogP contribution is 2.32. The quantitative estimate of drug-likeness (QED) is 0.466. The van der Waals surface area contributed by atoms with Gasteiger partial charge < -0.3 is 30.1 Å². The number of ether oxygens (including phenoxy) is 2. The van der Waals surface area contributed by atoms with Crippen LogP contribution in [0.4, 0.5) is 0 Å². The van der Waals surface area contributed by atoms with Crippen molar-refractivity contribution in [2.45, 2.75) is 51.2 Å². The summed E-state index contributed by atoms with van der Waals surface area (Å²) < 4.78 is 9.91. The summed E-state index contributed by atoms with van der Waals surface area (Å²) in [6.07, 6.45) is -1.73. The third-order valence-electron chi connectivity index (χ3n) is 3.00. The van der Waals surface area contributed by atoms with Gasteiger partial charge in [0.05, 0.1) is 18.8 Å². The number of aliphatic carboxylic acids is 1. The van der Waals surface area contributed by atoms with E-state index in [2.05, 4.69) is 5.32 Å². The second-order valence-electron chi connectivity index (χ2n) is 6.12. The fourth-order valence-corrected chi connectivity index (χ4v) is 2.11. The molecule has 1 saturated heterocycles. The summed E-state index contributed by atoms with van der Waals surface area (Å²) in [6, 6.07) is -1.07. The first-order chi connectivity index (χ1) is 9.88. The smallest absolute Gasteiger partial charge is 0.368 e. The van der Waals surface area contributed by atoms with Crippen LogP contribution in [0.3, 0.4) is 0 Å². The van der Waals surface area contributed by atoms with E-state index in [-0.39, 0.29) is 0 Å². The zero-order chi connectivity index (χ0) is 17.3. The predicted octanol–water partition coefficient (Wildman–Crippen LogP) is -1.39. The summed E-state index contributed by atoms with van der Waals surface area (Å²) in [4.78, 5) is 34.5. The first-order valence-corrected chi connectivity index (χ1v) is 6.66. The van der Waals surface area contributed by atoms with Gasteiger partial charge in [0.25, 0.3) is 5.79 Å². The molecule has 0 aromatic carbocycles. The van der Waals surface area contributed by atoms with Gasteiger partial charge in [-0.3, -0.25) is 9.59 Å². The van der Waals surface area contributed by atoms with Crippen LogP contribution in [0.15, 0.2) is 0 Å². The average Bonchev–Trinajstić information content (AvgIpc) is 2.30. The molecule has 1 aliphatic heterocycles. The van der Waals surface area contributed by atoms with Crippen LogP contribution in [0, 0.1) is 5.92 Å². The number of carboxylic acid groups (broad SMARTS) is 1. The summed E-state index contributed by atoms with van der Waals surface area (Å²) in [7, 11) is 0. The van der Waals surface area contributed by atoms with Gasteiger partial charge in [0.1, 0.15) is 11.5 Å². The molecule has 0 spiro atoms. The van der Waals surface area contributed by atoms with E-state index in [4.69, 9.17) is 9.47 Å². The SMILES string of the molecule is CC(=O)NC1COC(O)(C(=O)OC(C)(C)C)C(C(=O)O)C1O. The highest BCUT2D eigenvalue weighted by atomic mass is 16.7. The third-order valence-corrected chi connectivity index (χ3v) is 3.00. The van der Waals surface area contributed by atoms with E-state index in [0.717, 1.165) is 0 Å². The van der Waals surface area contributed by atoms with Crippen molar-refractivity contribution in [2.75, 3.05) is 6.61 Å². The van der Waals surface area contributed by atoms with Gasteiger partial charge in [0, 0.05) is 6.92 Å². The lowest BCUT2D eigenvalue weighted by Gasteiger charge is -2.42. The Balaban J connectivity index is 3.07. The van der Waals surface area contributed by atoms with Crippen molar-refractivity contribution in [1.82, 2.24) is 5.32 Å². The molecule has 0 radical (unpaired) electrons. The molecule has 0 aromatic rings. The molecule has 1 rings (SSSR count). The van der Waals surface area contributed by atoms with Crippen LogP contribution in [-0.2, 0) is 23.9 Å². The maximum absolute atomic E-state index is 12.1. The number of hydrogen-bond donors (Lipinski definition) is 4. The Morgan fingerprint density at radius 1 is 1.32 bits per heavy atom. The molecule has 4 N–H and O–H groups in total. The number of esters is 1. The standard InChI is InChI=1S/C13H21NO8/c1-6(15)14-7-5-21-13(20,8(9(7)16)10(17)18)11(19)22-12(2,3)4/h7-9,16,20H,5H2,1-4H3,(H,14,15)(H,17,18). The van der Waals surface area contributed by atoms with E-state index in [0.29, 0.717) is 0 Å². The van der Waals surface area contributed by atoms with Crippen LogP contribution in [0.1, 0.15) is 27.7 Å². The first-order valence-electron chi connectivity index (χ1n) is 6.66. The molecule has 0 bridgehead atoms. The Labute approximate surface area is 127 Å². The molecule has 0 aliphatic carbocycles.